The first-order valence-electron chi connectivity index (χ1n) is 5.41. The molecule has 0 aromatic rings. The van der Waals surface area contributed by atoms with Gasteiger partial charge in [0.15, 0.2) is 0 Å². The van der Waals surface area contributed by atoms with Crippen LogP contribution in [0.4, 0.5) is 0 Å². The summed E-state index contributed by atoms with van der Waals surface area (Å²) in [7, 11) is 0. The highest BCUT2D eigenvalue weighted by Crippen LogP contribution is 2.45. The number of hydrogen-bond acceptors (Lipinski definition) is 2. The molecule has 0 bridgehead atoms. The third-order valence-electron chi connectivity index (χ3n) is 3.74. The van der Waals surface area contributed by atoms with Crippen LogP contribution in [0.5, 0.6) is 0 Å². The number of ether oxygens (including phenoxy) is 1. The molecule has 0 amide bonds. The van der Waals surface area contributed by atoms with Gasteiger partial charge in [-0.15, -0.1) is 0 Å². The second-order valence-electron chi connectivity index (χ2n) is 4.47. The third-order valence-corrected chi connectivity index (χ3v) is 3.74. The Morgan fingerprint density at radius 3 is 2.54 bits per heavy atom. The standard InChI is InChI=1S/C11H18O2/c12-9-11(5-1-2-6-11)10-4-3-7-13-8-10/h9-10H,1-8H2. The van der Waals surface area contributed by atoms with Crippen LogP contribution in [0, 0.1) is 11.3 Å². The summed E-state index contributed by atoms with van der Waals surface area (Å²) in [6, 6.07) is 0. The van der Waals surface area contributed by atoms with Crippen molar-refractivity contribution in [1.29, 1.82) is 0 Å². The highest BCUT2D eigenvalue weighted by atomic mass is 16.5. The highest BCUT2D eigenvalue weighted by Gasteiger charge is 2.41. The summed E-state index contributed by atoms with van der Waals surface area (Å²) in [4.78, 5) is 11.2. The van der Waals surface area contributed by atoms with Gasteiger partial charge in [-0.25, -0.2) is 0 Å². The Kier molecular flexibility index (Phi) is 2.68. The summed E-state index contributed by atoms with van der Waals surface area (Å²) in [6.07, 6.45) is 8.22. The molecule has 0 radical (unpaired) electrons. The van der Waals surface area contributed by atoms with E-state index in [1.54, 1.807) is 0 Å². The maximum absolute atomic E-state index is 11.2. The maximum atomic E-state index is 11.2. The van der Waals surface area contributed by atoms with E-state index in [9.17, 15) is 4.79 Å². The Hall–Kier alpha value is -0.370. The fraction of sp³-hybridized carbons (Fsp3) is 0.909. The van der Waals surface area contributed by atoms with Crippen LogP contribution in [0.25, 0.3) is 0 Å². The van der Waals surface area contributed by atoms with E-state index < -0.39 is 0 Å². The maximum Gasteiger partial charge on any atom is 0.126 e. The number of aldehydes is 1. The van der Waals surface area contributed by atoms with Crippen molar-refractivity contribution in [2.24, 2.45) is 11.3 Å². The van der Waals surface area contributed by atoms with Crippen molar-refractivity contribution in [3.63, 3.8) is 0 Å². The summed E-state index contributed by atoms with van der Waals surface area (Å²) in [5, 5.41) is 0. The Balaban J connectivity index is 2.05. The van der Waals surface area contributed by atoms with E-state index in [2.05, 4.69) is 0 Å². The summed E-state index contributed by atoms with van der Waals surface area (Å²) >= 11 is 0. The topological polar surface area (TPSA) is 26.3 Å². The molecule has 1 saturated carbocycles. The molecule has 0 aromatic carbocycles. The fourth-order valence-corrected chi connectivity index (χ4v) is 2.85. The first kappa shape index (κ1) is 9.20. The minimum Gasteiger partial charge on any atom is -0.381 e. The fourth-order valence-electron chi connectivity index (χ4n) is 2.85. The molecule has 0 spiro atoms. The van der Waals surface area contributed by atoms with Crippen LogP contribution < -0.4 is 0 Å². The minimum atomic E-state index is 0.000417. The number of carbonyl (C=O) groups is 1. The van der Waals surface area contributed by atoms with E-state index in [4.69, 9.17) is 4.74 Å². The SMILES string of the molecule is O=CC1(C2CCCOC2)CCCC1. The molecular weight excluding hydrogens is 164 g/mol. The Labute approximate surface area is 79.7 Å². The minimum absolute atomic E-state index is 0.000417. The summed E-state index contributed by atoms with van der Waals surface area (Å²) < 4.78 is 5.46. The van der Waals surface area contributed by atoms with Crippen molar-refractivity contribution in [1.82, 2.24) is 0 Å². The van der Waals surface area contributed by atoms with Gasteiger partial charge in [-0.3, -0.25) is 0 Å². The summed E-state index contributed by atoms with van der Waals surface area (Å²) in [6.45, 7) is 1.71. The lowest BCUT2D eigenvalue weighted by Gasteiger charge is -2.35. The van der Waals surface area contributed by atoms with Gasteiger partial charge < -0.3 is 9.53 Å². The molecule has 0 N–H and O–H groups in total. The van der Waals surface area contributed by atoms with Gasteiger partial charge in [0.05, 0.1) is 6.61 Å². The molecule has 1 heterocycles. The van der Waals surface area contributed by atoms with E-state index in [1.807, 2.05) is 0 Å². The van der Waals surface area contributed by atoms with Crippen LogP contribution in [0.3, 0.4) is 0 Å². The molecule has 2 heteroatoms. The van der Waals surface area contributed by atoms with E-state index in [0.29, 0.717) is 5.92 Å². The first-order valence-corrected chi connectivity index (χ1v) is 5.41. The molecular formula is C11H18O2. The van der Waals surface area contributed by atoms with Gasteiger partial charge in [-0.2, -0.15) is 0 Å². The second kappa shape index (κ2) is 3.79. The number of rotatable bonds is 2. The van der Waals surface area contributed by atoms with Crippen LogP contribution in [-0.2, 0) is 9.53 Å². The Bertz CT molecular complexity index is 177. The quantitative estimate of drug-likeness (QED) is 0.612. The third kappa shape index (κ3) is 1.64. The molecule has 1 unspecified atom stereocenters. The van der Waals surface area contributed by atoms with Gasteiger partial charge in [0, 0.05) is 12.0 Å². The van der Waals surface area contributed by atoms with Crippen LogP contribution >= 0.6 is 0 Å². The summed E-state index contributed by atoms with van der Waals surface area (Å²) in [5.74, 6) is 0.515. The Morgan fingerprint density at radius 1 is 1.23 bits per heavy atom. The van der Waals surface area contributed by atoms with Gasteiger partial charge >= 0.3 is 0 Å². The van der Waals surface area contributed by atoms with Gasteiger partial charge in [-0.05, 0) is 31.6 Å². The lowest BCUT2D eigenvalue weighted by atomic mass is 9.73. The molecule has 1 saturated heterocycles. The normalized spacial score (nSPS) is 33.1. The van der Waals surface area contributed by atoms with E-state index in [1.165, 1.54) is 25.5 Å². The predicted octanol–water partition coefficient (Wildman–Crippen LogP) is 2.17. The average molecular weight is 182 g/mol. The van der Waals surface area contributed by atoms with Crippen LogP contribution in [-0.4, -0.2) is 19.5 Å². The van der Waals surface area contributed by atoms with E-state index in [0.717, 1.165) is 32.5 Å². The zero-order chi connectivity index (χ0) is 9.15. The van der Waals surface area contributed by atoms with Crippen molar-refractivity contribution >= 4 is 6.29 Å². The largest absolute Gasteiger partial charge is 0.381 e. The lowest BCUT2D eigenvalue weighted by molar-refractivity contribution is -0.122. The monoisotopic (exact) mass is 182 g/mol. The smallest absolute Gasteiger partial charge is 0.126 e. The van der Waals surface area contributed by atoms with Crippen LogP contribution in [0.15, 0.2) is 0 Å². The molecule has 2 fully saturated rings. The van der Waals surface area contributed by atoms with Gasteiger partial charge in [-0.1, -0.05) is 12.8 Å². The Morgan fingerprint density at radius 2 is 2.00 bits per heavy atom. The zero-order valence-corrected chi connectivity index (χ0v) is 8.13. The second-order valence-corrected chi connectivity index (χ2v) is 4.47. The molecule has 1 aliphatic heterocycles. The van der Waals surface area contributed by atoms with Crippen molar-refractivity contribution < 1.29 is 9.53 Å². The van der Waals surface area contributed by atoms with Crippen molar-refractivity contribution in [2.75, 3.05) is 13.2 Å². The molecule has 1 atom stereocenters. The van der Waals surface area contributed by atoms with Gasteiger partial charge in [0.2, 0.25) is 0 Å². The van der Waals surface area contributed by atoms with Gasteiger partial charge in [0.25, 0.3) is 0 Å². The van der Waals surface area contributed by atoms with Crippen molar-refractivity contribution in [2.45, 2.75) is 38.5 Å². The average Bonchev–Trinajstić information content (AvgIpc) is 2.69. The molecule has 0 aromatic heterocycles. The van der Waals surface area contributed by atoms with Crippen molar-refractivity contribution in [3.8, 4) is 0 Å². The molecule has 13 heavy (non-hydrogen) atoms. The van der Waals surface area contributed by atoms with Crippen LogP contribution in [0.2, 0.25) is 0 Å². The first-order chi connectivity index (χ1) is 6.37. The highest BCUT2D eigenvalue weighted by molar-refractivity contribution is 5.60. The number of carbonyl (C=O) groups excluding carboxylic acids is 1. The van der Waals surface area contributed by atoms with Crippen LogP contribution in [0.1, 0.15) is 38.5 Å². The summed E-state index contributed by atoms with van der Waals surface area (Å²) in [5.41, 5.74) is 0.000417. The molecule has 2 nitrogen and oxygen atoms in total. The molecule has 2 rings (SSSR count). The lowest BCUT2D eigenvalue weighted by Crippen LogP contribution is -2.35. The van der Waals surface area contributed by atoms with Crippen molar-refractivity contribution in [3.05, 3.63) is 0 Å². The van der Waals surface area contributed by atoms with Gasteiger partial charge in [0.1, 0.15) is 6.29 Å². The molecule has 1 aliphatic carbocycles. The predicted molar refractivity (Wildman–Crippen MR) is 50.5 cm³/mol. The molecule has 2 aliphatic rings. The zero-order valence-electron chi connectivity index (χ0n) is 8.13. The number of hydrogen-bond donors (Lipinski definition) is 0. The van der Waals surface area contributed by atoms with E-state index >= 15 is 0 Å². The molecule has 74 valence electrons. The van der Waals surface area contributed by atoms with E-state index in [-0.39, 0.29) is 5.41 Å².